The van der Waals surface area contributed by atoms with Crippen LogP contribution in [0.3, 0.4) is 0 Å². The molecule has 0 unspecified atom stereocenters. The smallest absolute Gasteiger partial charge is 0.207 e. The highest BCUT2D eigenvalue weighted by molar-refractivity contribution is 6.83. The third-order valence-corrected chi connectivity index (χ3v) is 0.733. The average molecular weight is 250 g/mol. The molecule has 1 aromatic carbocycles. The third kappa shape index (κ3) is 12.9. The maximum atomic E-state index is 11.9. The fourth-order valence-corrected chi connectivity index (χ4v) is 0.415. The van der Waals surface area contributed by atoms with Crippen molar-refractivity contribution in [3.8, 4) is 0 Å². The Balaban J connectivity index is 0.000000217. The summed E-state index contributed by atoms with van der Waals surface area (Å²) in [6.45, 7) is 0. The van der Waals surface area contributed by atoms with Crippen molar-refractivity contribution >= 4 is 46.4 Å². The van der Waals surface area contributed by atoms with Gasteiger partial charge in [0.25, 0.3) is 3.25 Å². The Morgan fingerprint density at radius 2 is 1.25 bits per heavy atom. The fourth-order valence-electron chi connectivity index (χ4n) is 0.415. The summed E-state index contributed by atoms with van der Waals surface area (Å²) in [5, 5.41) is 0. The monoisotopic (exact) mass is 248 g/mol. The number of benzene rings is 1. The number of alkyl halides is 4. The van der Waals surface area contributed by atoms with Gasteiger partial charge in [0.05, 0.1) is 0 Å². The highest BCUT2D eigenvalue weighted by Gasteiger charge is 2.11. The molecule has 0 fully saturated rings. The number of hydrogen-bond acceptors (Lipinski definition) is 0. The molecule has 0 saturated heterocycles. The quantitative estimate of drug-likeness (QED) is 0.599. The summed E-state index contributed by atoms with van der Waals surface area (Å²) in [5.74, 6) is -0.178. The van der Waals surface area contributed by atoms with E-state index in [0.717, 1.165) is 0 Å². The predicted octanol–water partition coefficient (Wildman–Crippen LogP) is 4.38. The zero-order valence-electron chi connectivity index (χ0n) is 5.78. The van der Waals surface area contributed by atoms with Crippen molar-refractivity contribution < 1.29 is 4.39 Å². The van der Waals surface area contributed by atoms with Crippen molar-refractivity contribution in [1.82, 2.24) is 0 Å². The van der Waals surface area contributed by atoms with Crippen molar-refractivity contribution in [1.29, 1.82) is 0 Å². The molecule has 12 heavy (non-hydrogen) atoms. The Hall–Kier alpha value is 0.310. The lowest BCUT2D eigenvalue weighted by molar-refractivity contribution is 0.628. The van der Waals surface area contributed by atoms with E-state index in [2.05, 4.69) is 0 Å². The second-order valence-corrected chi connectivity index (χ2v) is 5.15. The molecule has 0 aliphatic heterocycles. The lowest BCUT2D eigenvalue weighted by Gasteiger charge is -1.91. The highest BCUT2D eigenvalue weighted by Crippen LogP contribution is 2.29. The van der Waals surface area contributed by atoms with E-state index >= 15 is 0 Å². The molecule has 5 heteroatoms. The predicted molar refractivity (Wildman–Crippen MR) is 52.5 cm³/mol. The molecule has 0 spiro atoms. The molecular formula is C7H5Cl4F. The van der Waals surface area contributed by atoms with Crippen LogP contribution in [0.15, 0.2) is 30.3 Å². The SMILES string of the molecule is ClC(Cl)(Cl)Cl.Fc1ccccc1. The number of rotatable bonds is 0. The maximum absolute atomic E-state index is 11.9. The minimum atomic E-state index is -1.61. The van der Waals surface area contributed by atoms with E-state index in [-0.39, 0.29) is 5.82 Å². The fraction of sp³-hybridized carbons (Fsp3) is 0.143. The molecule has 0 aliphatic rings. The molecule has 0 bridgehead atoms. The second-order valence-electron chi connectivity index (χ2n) is 1.72. The van der Waals surface area contributed by atoms with Crippen LogP contribution in [0.5, 0.6) is 0 Å². The van der Waals surface area contributed by atoms with E-state index in [0.29, 0.717) is 0 Å². The van der Waals surface area contributed by atoms with Gasteiger partial charge in [0.1, 0.15) is 5.82 Å². The first-order valence-corrected chi connectivity index (χ1v) is 4.37. The topological polar surface area (TPSA) is 0 Å². The van der Waals surface area contributed by atoms with Gasteiger partial charge in [0.15, 0.2) is 0 Å². The minimum absolute atomic E-state index is 0.178. The Kier molecular flexibility index (Phi) is 6.02. The molecule has 0 radical (unpaired) electrons. The zero-order chi connectivity index (χ0) is 9.61. The molecule has 1 aromatic rings. The van der Waals surface area contributed by atoms with Crippen molar-refractivity contribution in [2.75, 3.05) is 0 Å². The standard InChI is InChI=1S/C6H5F.CCl4/c7-6-4-2-1-3-5-6;2-1(3,4)5/h1-5H;. The summed E-state index contributed by atoms with van der Waals surface area (Å²) >= 11 is 19.3. The molecule has 0 heterocycles. The Morgan fingerprint density at radius 3 is 1.42 bits per heavy atom. The maximum Gasteiger partial charge on any atom is 0.266 e. The summed E-state index contributed by atoms with van der Waals surface area (Å²) in [6, 6.07) is 7.94. The van der Waals surface area contributed by atoms with Gasteiger partial charge < -0.3 is 0 Å². The van der Waals surface area contributed by atoms with E-state index in [4.69, 9.17) is 46.4 Å². The van der Waals surface area contributed by atoms with Crippen LogP contribution in [0, 0.1) is 5.82 Å². The second kappa shape index (κ2) is 5.87. The first-order valence-electron chi connectivity index (χ1n) is 2.86. The summed E-state index contributed by atoms with van der Waals surface area (Å²) in [7, 11) is 0. The lowest BCUT2D eigenvalue weighted by atomic mass is 10.4. The van der Waals surface area contributed by atoms with Crippen LogP contribution in [-0.4, -0.2) is 3.25 Å². The summed E-state index contributed by atoms with van der Waals surface area (Å²) in [5.41, 5.74) is 0. The number of hydrogen-bond donors (Lipinski definition) is 0. The van der Waals surface area contributed by atoms with Crippen LogP contribution >= 0.6 is 46.4 Å². The third-order valence-electron chi connectivity index (χ3n) is 0.733. The Morgan fingerprint density at radius 1 is 0.917 bits per heavy atom. The van der Waals surface area contributed by atoms with E-state index in [1.54, 1.807) is 18.2 Å². The van der Waals surface area contributed by atoms with E-state index in [1.807, 2.05) is 0 Å². The van der Waals surface area contributed by atoms with Gasteiger partial charge in [0.2, 0.25) is 0 Å². The van der Waals surface area contributed by atoms with E-state index in [9.17, 15) is 4.39 Å². The largest absolute Gasteiger partial charge is 0.266 e. The van der Waals surface area contributed by atoms with Crippen LogP contribution in [0.4, 0.5) is 4.39 Å². The van der Waals surface area contributed by atoms with Crippen LogP contribution in [0.2, 0.25) is 0 Å². The highest BCUT2D eigenvalue weighted by atomic mass is 35.6. The van der Waals surface area contributed by atoms with Gasteiger partial charge in [-0.1, -0.05) is 64.6 Å². The Labute approximate surface area is 90.2 Å². The molecule has 0 atom stereocenters. The van der Waals surface area contributed by atoms with Crippen LogP contribution in [-0.2, 0) is 0 Å². The molecule has 0 amide bonds. The van der Waals surface area contributed by atoms with E-state index in [1.165, 1.54) is 12.1 Å². The molecule has 0 aromatic heterocycles. The van der Waals surface area contributed by atoms with Crippen molar-refractivity contribution in [2.24, 2.45) is 0 Å². The van der Waals surface area contributed by atoms with Gasteiger partial charge in [-0.15, -0.1) is 0 Å². The Bertz CT molecular complexity index is 200. The first kappa shape index (κ1) is 12.3. The van der Waals surface area contributed by atoms with Crippen molar-refractivity contribution in [3.63, 3.8) is 0 Å². The first-order chi connectivity index (χ1) is 5.39. The van der Waals surface area contributed by atoms with Gasteiger partial charge in [-0.2, -0.15) is 0 Å². The summed E-state index contributed by atoms with van der Waals surface area (Å²) < 4.78 is 10.3. The molecule has 1 rings (SSSR count). The number of halogens is 5. The van der Waals surface area contributed by atoms with Crippen LogP contribution < -0.4 is 0 Å². The normalized spacial score (nSPS) is 10.1. The van der Waals surface area contributed by atoms with Gasteiger partial charge in [-0.3, -0.25) is 0 Å². The summed E-state index contributed by atoms with van der Waals surface area (Å²) in [6.07, 6.45) is 0. The molecular weight excluding hydrogens is 245 g/mol. The van der Waals surface area contributed by atoms with E-state index < -0.39 is 3.25 Å². The van der Waals surface area contributed by atoms with Gasteiger partial charge in [-0.05, 0) is 12.1 Å². The summed E-state index contributed by atoms with van der Waals surface area (Å²) in [4.78, 5) is 0. The van der Waals surface area contributed by atoms with Crippen LogP contribution in [0.1, 0.15) is 0 Å². The van der Waals surface area contributed by atoms with Crippen LogP contribution in [0.25, 0.3) is 0 Å². The van der Waals surface area contributed by atoms with Gasteiger partial charge in [-0.25, -0.2) is 4.39 Å². The molecule has 68 valence electrons. The molecule has 0 nitrogen and oxygen atoms in total. The van der Waals surface area contributed by atoms with Crippen molar-refractivity contribution in [3.05, 3.63) is 36.1 Å². The lowest BCUT2D eigenvalue weighted by Crippen LogP contribution is -1.81. The van der Waals surface area contributed by atoms with Gasteiger partial charge >= 0.3 is 0 Å². The molecule has 0 N–H and O–H groups in total. The minimum Gasteiger partial charge on any atom is -0.207 e. The van der Waals surface area contributed by atoms with Gasteiger partial charge in [0, 0.05) is 0 Å². The molecule has 0 saturated carbocycles. The zero-order valence-corrected chi connectivity index (χ0v) is 8.80. The average Bonchev–Trinajstić information content (AvgIpc) is 1.85. The van der Waals surface area contributed by atoms with Crippen molar-refractivity contribution in [2.45, 2.75) is 3.25 Å². The molecule has 0 aliphatic carbocycles.